The summed E-state index contributed by atoms with van der Waals surface area (Å²) in [4.78, 5) is 13.7. The van der Waals surface area contributed by atoms with Crippen molar-refractivity contribution in [2.75, 3.05) is 11.9 Å². The van der Waals surface area contributed by atoms with Crippen LogP contribution in [0.25, 0.3) is 0 Å². The van der Waals surface area contributed by atoms with Gasteiger partial charge in [-0.2, -0.15) is 0 Å². The summed E-state index contributed by atoms with van der Waals surface area (Å²) in [5.74, 6) is 0.131. The van der Waals surface area contributed by atoms with Gasteiger partial charge in [0.1, 0.15) is 0 Å². The molecule has 0 atom stereocenters. The molecular formula is C13H19NO. The molecule has 15 heavy (non-hydrogen) atoms. The summed E-state index contributed by atoms with van der Waals surface area (Å²) in [6, 6.07) is 7.97. The average molecular weight is 205 g/mol. The number of aryl methyl sites for hydroxylation is 1. The van der Waals surface area contributed by atoms with Crippen molar-refractivity contribution in [2.24, 2.45) is 5.41 Å². The Morgan fingerprint density at radius 2 is 1.60 bits per heavy atom. The lowest BCUT2D eigenvalue weighted by atomic mass is 9.94. The molecule has 1 amide bonds. The van der Waals surface area contributed by atoms with Crippen LogP contribution in [0.1, 0.15) is 26.3 Å². The fraction of sp³-hybridized carbons (Fsp3) is 0.462. The molecule has 0 N–H and O–H groups in total. The lowest BCUT2D eigenvalue weighted by Crippen LogP contribution is -2.36. The molecule has 0 saturated carbocycles. The van der Waals surface area contributed by atoms with Crippen LogP contribution in [0.4, 0.5) is 5.69 Å². The zero-order chi connectivity index (χ0) is 11.6. The van der Waals surface area contributed by atoms with Crippen LogP contribution in [0.3, 0.4) is 0 Å². The summed E-state index contributed by atoms with van der Waals surface area (Å²) in [5, 5.41) is 0. The number of hydrogen-bond donors (Lipinski definition) is 0. The number of hydrogen-bond acceptors (Lipinski definition) is 1. The second kappa shape index (κ2) is 4.05. The van der Waals surface area contributed by atoms with Crippen LogP contribution >= 0.6 is 0 Å². The highest BCUT2D eigenvalue weighted by atomic mass is 16.2. The first kappa shape index (κ1) is 11.8. The fourth-order valence-corrected chi connectivity index (χ4v) is 1.39. The molecule has 1 rings (SSSR count). The Morgan fingerprint density at radius 1 is 1.13 bits per heavy atom. The quantitative estimate of drug-likeness (QED) is 0.690. The molecule has 0 aliphatic heterocycles. The molecule has 1 aromatic carbocycles. The molecule has 2 heteroatoms. The van der Waals surface area contributed by atoms with Crippen LogP contribution in [0.5, 0.6) is 0 Å². The van der Waals surface area contributed by atoms with Crippen LogP contribution in [0, 0.1) is 12.3 Å². The van der Waals surface area contributed by atoms with Crippen molar-refractivity contribution in [3.8, 4) is 0 Å². The van der Waals surface area contributed by atoms with Gasteiger partial charge < -0.3 is 4.90 Å². The Hall–Kier alpha value is -1.31. The third kappa shape index (κ3) is 2.82. The van der Waals surface area contributed by atoms with E-state index in [1.54, 1.807) is 4.90 Å². The van der Waals surface area contributed by atoms with Crippen molar-refractivity contribution in [1.29, 1.82) is 0 Å². The minimum absolute atomic E-state index is 0.131. The van der Waals surface area contributed by atoms with Gasteiger partial charge in [-0.25, -0.2) is 0 Å². The number of carbonyl (C=O) groups excluding carboxylic acids is 1. The maximum absolute atomic E-state index is 12.0. The SMILES string of the molecule is Cc1ccc(N(C)C(=O)C(C)(C)C)cc1. The van der Waals surface area contributed by atoms with Gasteiger partial charge in [-0.1, -0.05) is 38.5 Å². The van der Waals surface area contributed by atoms with Crippen LogP contribution < -0.4 is 4.90 Å². The molecule has 0 bridgehead atoms. The lowest BCUT2D eigenvalue weighted by Gasteiger charge is -2.26. The normalized spacial score (nSPS) is 11.3. The third-order valence-electron chi connectivity index (χ3n) is 2.37. The summed E-state index contributed by atoms with van der Waals surface area (Å²) in [5.41, 5.74) is 1.82. The first-order valence-electron chi connectivity index (χ1n) is 5.17. The number of amides is 1. The Labute approximate surface area is 91.9 Å². The lowest BCUT2D eigenvalue weighted by molar-refractivity contribution is -0.125. The highest BCUT2D eigenvalue weighted by Crippen LogP contribution is 2.21. The van der Waals surface area contributed by atoms with Crippen LogP contribution in [-0.4, -0.2) is 13.0 Å². The Balaban J connectivity index is 2.90. The second-order valence-corrected chi connectivity index (χ2v) is 4.95. The number of nitrogens with zero attached hydrogens (tertiary/aromatic N) is 1. The van der Waals surface area contributed by atoms with E-state index in [4.69, 9.17) is 0 Å². The topological polar surface area (TPSA) is 20.3 Å². The van der Waals surface area contributed by atoms with Crippen molar-refractivity contribution in [1.82, 2.24) is 0 Å². The second-order valence-electron chi connectivity index (χ2n) is 4.95. The molecule has 82 valence electrons. The molecule has 0 aliphatic rings. The van der Waals surface area contributed by atoms with Gasteiger partial charge in [0.15, 0.2) is 0 Å². The number of rotatable bonds is 1. The molecular weight excluding hydrogens is 186 g/mol. The van der Waals surface area contributed by atoms with Crippen molar-refractivity contribution in [2.45, 2.75) is 27.7 Å². The Bertz CT molecular complexity index is 346. The molecule has 0 aromatic heterocycles. The molecule has 0 aliphatic carbocycles. The van der Waals surface area contributed by atoms with E-state index in [1.165, 1.54) is 5.56 Å². The van der Waals surface area contributed by atoms with E-state index < -0.39 is 0 Å². The number of benzene rings is 1. The van der Waals surface area contributed by atoms with Gasteiger partial charge in [0.25, 0.3) is 0 Å². The van der Waals surface area contributed by atoms with Crippen molar-refractivity contribution < 1.29 is 4.79 Å². The number of carbonyl (C=O) groups is 1. The monoisotopic (exact) mass is 205 g/mol. The first-order chi connectivity index (χ1) is 6.82. The molecule has 0 fully saturated rings. The Kier molecular flexibility index (Phi) is 3.18. The van der Waals surface area contributed by atoms with Crippen molar-refractivity contribution >= 4 is 11.6 Å². The van der Waals surface area contributed by atoms with E-state index in [9.17, 15) is 4.79 Å². The van der Waals surface area contributed by atoms with Gasteiger partial charge in [0.05, 0.1) is 0 Å². The molecule has 2 nitrogen and oxygen atoms in total. The van der Waals surface area contributed by atoms with Gasteiger partial charge in [0.2, 0.25) is 5.91 Å². The zero-order valence-corrected chi connectivity index (χ0v) is 10.2. The molecule has 0 spiro atoms. The van der Waals surface area contributed by atoms with Crippen molar-refractivity contribution in [3.05, 3.63) is 29.8 Å². The summed E-state index contributed by atoms with van der Waals surface area (Å²) in [7, 11) is 1.82. The predicted molar refractivity (Wildman–Crippen MR) is 64.0 cm³/mol. The van der Waals surface area contributed by atoms with E-state index in [2.05, 4.69) is 0 Å². The smallest absolute Gasteiger partial charge is 0.232 e. The van der Waals surface area contributed by atoms with E-state index >= 15 is 0 Å². The molecule has 0 saturated heterocycles. The average Bonchev–Trinajstić information content (AvgIpc) is 2.15. The first-order valence-corrected chi connectivity index (χ1v) is 5.17. The van der Waals surface area contributed by atoms with Crippen LogP contribution in [0.15, 0.2) is 24.3 Å². The van der Waals surface area contributed by atoms with Gasteiger partial charge in [-0.05, 0) is 19.1 Å². The molecule has 0 unspecified atom stereocenters. The summed E-state index contributed by atoms with van der Waals surface area (Å²) in [6.07, 6.45) is 0. The molecule has 0 radical (unpaired) electrons. The fourth-order valence-electron chi connectivity index (χ4n) is 1.39. The molecule has 1 aromatic rings. The van der Waals surface area contributed by atoms with E-state index in [1.807, 2.05) is 59.0 Å². The van der Waals surface area contributed by atoms with Crippen molar-refractivity contribution in [3.63, 3.8) is 0 Å². The minimum atomic E-state index is -0.334. The maximum atomic E-state index is 12.0. The summed E-state index contributed by atoms with van der Waals surface area (Å²) < 4.78 is 0. The van der Waals surface area contributed by atoms with Gasteiger partial charge in [-0.15, -0.1) is 0 Å². The van der Waals surface area contributed by atoms with E-state index in [-0.39, 0.29) is 11.3 Å². The molecule has 0 heterocycles. The highest BCUT2D eigenvalue weighted by Gasteiger charge is 2.25. The summed E-state index contributed by atoms with van der Waals surface area (Å²) in [6.45, 7) is 7.83. The van der Waals surface area contributed by atoms with Gasteiger partial charge >= 0.3 is 0 Å². The number of anilines is 1. The van der Waals surface area contributed by atoms with Crippen LogP contribution in [0.2, 0.25) is 0 Å². The van der Waals surface area contributed by atoms with Gasteiger partial charge in [0, 0.05) is 18.2 Å². The minimum Gasteiger partial charge on any atom is -0.315 e. The third-order valence-corrected chi connectivity index (χ3v) is 2.37. The van der Waals surface area contributed by atoms with Crippen LogP contribution in [-0.2, 0) is 4.79 Å². The zero-order valence-electron chi connectivity index (χ0n) is 10.2. The Morgan fingerprint density at radius 3 is 2.00 bits per heavy atom. The van der Waals surface area contributed by atoms with E-state index in [0.717, 1.165) is 5.69 Å². The standard InChI is InChI=1S/C13H19NO/c1-10-6-8-11(9-7-10)14(5)12(15)13(2,3)4/h6-9H,1-5H3. The van der Waals surface area contributed by atoms with E-state index in [0.29, 0.717) is 0 Å². The highest BCUT2D eigenvalue weighted by molar-refractivity contribution is 5.96. The maximum Gasteiger partial charge on any atom is 0.232 e. The largest absolute Gasteiger partial charge is 0.315 e. The predicted octanol–water partition coefficient (Wildman–Crippen LogP) is 3.00. The van der Waals surface area contributed by atoms with Gasteiger partial charge in [-0.3, -0.25) is 4.79 Å². The summed E-state index contributed by atoms with van der Waals surface area (Å²) >= 11 is 0.